The van der Waals surface area contributed by atoms with Gasteiger partial charge in [0, 0.05) is 48.5 Å². The molecule has 0 spiro atoms. The van der Waals surface area contributed by atoms with Crippen LogP contribution in [0.5, 0.6) is 23.0 Å². The highest BCUT2D eigenvalue weighted by atomic mass is 16.5. The van der Waals surface area contributed by atoms with Crippen LogP contribution < -0.4 is 41.5 Å². The van der Waals surface area contributed by atoms with Gasteiger partial charge >= 0.3 is 0 Å². The number of nitrogens with zero attached hydrogens (tertiary/aromatic N) is 2. The number of allylic oxidation sites excluding steroid dienone is 4. The summed E-state index contributed by atoms with van der Waals surface area (Å²) in [6, 6.07) is 9.78. The molecule has 2 aliphatic heterocycles. The quantitative estimate of drug-likeness (QED) is 0.0684. The molecule has 0 radical (unpaired) electrons. The predicted molar refractivity (Wildman–Crippen MR) is 207 cm³/mol. The number of rotatable bonds is 9. The highest BCUT2D eigenvalue weighted by Gasteiger charge is 2.30. The normalized spacial score (nSPS) is 11.9. The Balaban J connectivity index is 0.00000176. The Bertz CT molecular complexity index is 2150. The van der Waals surface area contributed by atoms with Crippen LogP contribution in [0.25, 0.3) is 0 Å². The topological polar surface area (TPSA) is 160 Å². The van der Waals surface area contributed by atoms with Crippen molar-refractivity contribution in [1.82, 2.24) is 0 Å². The molecule has 3 aromatic rings. The number of nitrogens with one attached hydrogen (secondary N) is 4. The van der Waals surface area contributed by atoms with Crippen molar-refractivity contribution in [2.24, 2.45) is 9.98 Å². The number of hydrogen-bond donors (Lipinski definition) is 4. The number of ether oxygens (including phenoxy) is 2. The Morgan fingerprint density at radius 2 is 1.08 bits per heavy atom. The molecule has 5 rings (SSSR count). The largest absolute Gasteiger partial charge is 0.450 e. The molecular formula is C40H44N6O6. The molecule has 0 fully saturated rings. The van der Waals surface area contributed by atoms with Gasteiger partial charge in [-0.15, -0.1) is 0 Å². The van der Waals surface area contributed by atoms with E-state index in [1.165, 1.54) is 26.0 Å². The predicted octanol–water partition coefficient (Wildman–Crippen LogP) is 8.47. The average Bonchev–Trinajstić information content (AvgIpc) is 3.14. The molecule has 12 heteroatoms. The van der Waals surface area contributed by atoms with Gasteiger partial charge in [-0.3, -0.25) is 19.2 Å². The maximum atomic E-state index is 12.8. The van der Waals surface area contributed by atoms with Crippen molar-refractivity contribution < 1.29 is 28.7 Å². The number of benzene rings is 3. The number of carbonyl (C=O) groups excluding carboxylic acids is 4. The third kappa shape index (κ3) is 8.96. The van der Waals surface area contributed by atoms with Crippen molar-refractivity contribution in [2.75, 3.05) is 21.3 Å². The number of amides is 4. The van der Waals surface area contributed by atoms with Crippen LogP contribution in [0, 0.1) is 0 Å². The van der Waals surface area contributed by atoms with E-state index in [-0.39, 0.29) is 56.9 Å². The van der Waals surface area contributed by atoms with E-state index >= 15 is 0 Å². The fourth-order valence-electron chi connectivity index (χ4n) is 4.85. The first-order valence-corrected chi connectivity index (χ1v) is 16.8. The lowest BCUT2D eigenvalue weighted by molar-refractivity contribution is -0.115. The second-order valence-electron chi connectivity index (χ2n) is 10.5. The molecule has 52 heavy (non-hydrogen) atoms. The highest BCUT2D eigenvalue weighted by Crippen LogP contribution is 2.44. The lowest BCUT2D eigenvalue weighted by Crippen LogP contribution is -2.29. The Hall–Kier alpha value is -6.56. The minimum Gasteiger partial charge on any atom is -0.450 e. The van der Waals surface area contributed by atoms with Crippen LogP contribution in [0.15, 0.2) is 107 Å². The van der Waals surface area contributed by atoms with Crippen molar-refractivity contribution in [3.8, 4) is 23.0 Å². The zero-order chi connectivity index (χ0) is 38.5. The molecule has 0 bridgehead atoms. The van der Waals surface area contributed by atoms with Crippen molar-refractivity contribution in [3.63, 3.8) is 0 Å². The molecule has 0 unspecified atom stereocenters. The van der Waals surface area contributed by atoms with E-state index in [2.05, 4.69) is 34.4 Å². The standard InChI is InChI=1S/C36H32N6O6.2C2H6/c1-7-11-12-22(10-4)36(46)40-24-14-16-26-28(18-24)48-34-30(38-20(6)44)31-33(29(32(34)42-26)37-19(5)43)47-27-17-23(13-15-25(27)41-31)39-35(45)21(8-2)9-3;2*1-2/h7-18H,2,4H2,1,3,5-6H3,(H,37,43)(H,38,44)(H,39,45)(H,40,46);2*1-2H3/b11-7-,21-9+,22-12+;;. The second-order valence-corrected chi connectivity index (χ2v) is 10.5. The SMILES string of the molecule is C=C/C(=C\C)C(=O)Nc1ccc2c(c1)Oc1c(NC(C)=O)c3c(c(NC(C)=O)c1=N2)Oc1cc(NC(=O)/C(C=C)=C/C=C\C)ccc1N=3.CC.CC. The van der Waals surface area contributed by atoms with Gasteiger partial charge in [-0.2, -0.15) is 0 Å². The van der Waals surface area contributed by atoms with Crippen LogP contribution in [0.1, 0.15) is 55.4 Å². The van der Waals surface area contributed by atoms with Gasteiger partial charge in [0.1, 0.15) is 33.5 Å². The minimum atomic E-state index is -0.423. The number of anilines is 4. The molecule has 0 atom stereocenters. The molecule has 4 N–H and O–H groups in total. The van der Waals surface area contributed by atoms with E-state index in [9.17, 15) is 19.2 Å². The Morgan fingerprint density at radius 3 is 1.44 bits per heavy atom. The summed E-state index contributed by atoms with van der Waals surface area (Å²) < 4.78 is 12.7. The smallest absolute Gasteiger partial charge is 0.255 e. The summed E-state index contributed by atoms with van der Waals surface area (Å²) in [6.45, 7) is 21.6. The van der Waals surface area contributed by atoms with E-state index in [0.717, 1.165) is 0 Å². The monoisotopic (exact) mass is 704 g/mol. The molecule has 12 nitrogen and oxygen atoms in total. The third-order valence-electron chi connectivity index (χ3n) is 7.03. The van der Waals surface area contributed by atoms with E-state index in [1.54, 1.807) is 67.6 Å². The summed E-state index contributed by atoms with van der Waals surface area (Å²) in [7, 11) is 0. The first-order valence-electron chi connectivity index (χ1n) is 16.8. The van der Waals surface area contributed by atoms with Crippen LogP contribution in [0.2, 0.25) is 0 Å². The van der Waals surface area contributed by atoms with Gasteiger partial charge in [-0.25, -0.2) is 9.98 Å². The van der Waals surface area contributed by atoms with Crippen LogP contribution in [0.4, 0.5) is 34.1 Å². The van der Waals surface area contributed by atoms with Crippen molar-refractivity contribution in [3.05, 3.63) is 108 Å². The van der Waals surface area contributed by atoms with E-state index in [1.807, 2.05) is 34.6 Å². The summed E-state index contributed by atoms with van der Waals surface area (Å²) in [5.74, 6) is -0.819. The molecule has 0 saturated carbocycles. The fourth-order valence-corrected chi connectivity index (χ4v) is 4.85. The molecular weight excluding hydrogens is 660 g/mol. The maximum absolute atomic E-state index is 12.8. The molecule has 2 aliphatic rings. The summed E-state index contributed by atoms with van der Waals surface area (Å²) in [5, 5.41) is 11.5. The fraction of sp³-hybridized carbons (Fsp3) is 0.200. The summed E-state index contributed by atoms with van der Waals surface area (Å²) >= 11 is 0. The van der Waals surface area contributed by atoms with E-state index < -0.39 is 11.8 Å². The molecule has 0 saturated heterocycles. The van der Waals surface area contributed by atoms with Crippen molar-refractivity contribution in [2.45, 2.75) is 55.4 Å². The van der Waals surface area contributed by atoms with Crippen molar-refractivity contribution >= 4 is 57.8 Å². The first-order chi connectivity index (χ1) is 25.1. The van der Waals surface area contributed by atoms with Crippen LogP contribution in [0.3, 0.4) is 0 Å². The molecule has 3 aromatic carbocycles. The van der Waals surface area contributed by atoms with E-state index in [4.69, 9.17) is 19.5 Å². The van der Waals surface area contributed by atoms with Gasteiger partial charge in [-0.05, 0) is 44.2 Å². The maximum Gasteiger partial charge on any atom is 0.255 e. The Morgan fingerprint density at radius 1 is 0.654 bits per heavy atom. The van der Waals surface area contributed by atoms with E-state index in [0.29, 0.717) is 33.9 Å². The number of hydrogen-bond acceptors (Lipinski definition) is 8. The molecule has 0 aromatic heterocycles. The number of carbonyl (C=O) groups is 4. The van der Waals surface area contributed by atoms with Gasteiger partial charge in [0.05, 0.1) is 0 Å². The van der Waals surface area contributed by atoms with Crippen LogP contribution >= 0.6 is 0 Å². The van der Waals surface area contributed by atoms with Crippen LogP contribution in [-0.4, -0.2) is 23.6 Å². The van der Waals surface area contributed by atoms with Crippen molar-refractivity contribution in [1.29, 1.82) is 0 Å². The van der Waals surface area contributed by atoms with Gasteiger partial charge in [-0.1, -0.05) is 71.2 Å². The lowest BCUT2D eigenvalue weighted by atomic mass is 10.1. The summed E-state index contributed by atoms with van der Waals surface area (Å²) in [5.41, 5.74) is 2.68. The molecule has 2 heterocycles. The zero-order valence-corrected chi connectivity index (χ0v) is 30.7. The third-order valence-corrected chi connectivity index (χ3v) is 7.03. The molecule has 4 amide bonds. The van der Waals surface area contributed by atoms with Gasteiger partial charge in [0.2, 0.25) is 11.8 Å². The summed E-state index contributed by atoms with van der Waals surface area (Å²) in [4.78, 5) is 59.9. The van der Waals surface area contributed by atoms with Gasteiger partial charge < -0.3 is 30.7 Å². The lowest BCUT2D eigenvalue weighted by Gasteiger charge is -2.24. The second kappa shape index (κ2) is 18.4. The van der Waals surface area contributed by atoms with Gasteiger partial charge in [0.15, 0.2) is 23.0 Å². The Kier molecular flexibility index (Phi) is 14.1. The molecule has 270 valence electrons. The highest BCUT2D eigenvalue weighted by molar-refractivity contribution is 6.06. The number of fused-ring (bicyclic) bond motifs is 4. The van der Waals surface area contributed by atoms with Crippen LogP contribution in [-0.2, 0) is 19.2 Å². The van der Waals surface area contributed by atoms with Gasteiger partial charge in [0.25, 0.3) is 11.8 Å². The zero-order valence-electron chi connectivity index (χ0n) is 30.7. The average molecular weight is 705 g/mol. The Labute approximate surface area is 303 Å². The molecule has 0 aliphatic carbocycles. The minimum absolute atomic E-state index is 0.103. The first kappa shape index (κ1) is 39.9. The summed E-state index contributed by atoms with van der Waals surface area (Å²) in [6.07, 6.45) is 9.70.